The van der Waals surface area contributed by atoms with Crippen LogP contribution in [-0.2, 0) is 22.6 Å². The number of thiazole rings is 1. The summed E-state index contributed by atoms with van der Waals surface area (Å²) in [4.78, 5) is 35.5. The van der Waals surface area contributed by atoms with Gasteiger partial charge in [-0.1, -0.05) is 32.4 Å². The van der Waals surface area contributed by atoms with Crippen LogP contribution in [-0.4, -0.2) is 88.9 Å². The molecular weight excluding hydrogens is 582 g/mol. The van der Waals surface area contributed by atoms with E-state index in [2.05, 4.69) is 34.2 Å². The van der Waals surface area contributed by atoms with Crippen LogP contribution >= 0.6 is 11.3 Å². The zero-order valence-electron chi connectivity index (χ0n) is 26.2. The minimum Gasteiger partial charge on any atom is -0.496 e. The van der Waals surface area contributed by atoms with Gasteiger partial charge in [-0.3, -0.25) is 14.5 Å². The number of carbonyl (C=O) groups excluding carboxylic acids is 2. The fraction of sp³-hybridized carbons (Fsp3) is 0.562. The summed E-state index contributed by atoms with van der Waals surface area (Å²) in [5.74, 6) is 1.06. The van der Waals surface area contributed by atoms with Crippen molar-refractivity contribution in [2.24, 2.45) is 0 Å². The smallest absolute Gasteiger partial charge is 0.254 e. The maximum atomic E-state index is 13.1. The topological polar surface area (TPSA) is 130 Å². The maximum Gasteiger partial charge on any atom is 0.254 e. The Morgan fingerprint density at radius 2 is 1.93 bits per heavy atom. The first-order valence-corrected chi connectivity index (χ1v) is 16.3. The van der Waals surface area contributed by atoms with E-state index in [-0.39, 0.29) is 24.3 Å². The van der Waals surface area contributed by atoms with Gasteiger partial charge in [0.15, 0.2) is 0 Å². The summed E-state index contributed by atoms with van der Waals surface area (Å²) in [6.45, 7) is 9.92. The Morgan fingerprint density at radius 1 is 1.16 bits per heavy atom. The normalized spacial score (nSPS) is 17.2. The Kier molecular flexibility index (Phi) is 12.6. The molecule has 2 aliphatic heterocycles. The number of nitrogens with zero attached hydrogens (tertiary/aromatic N) is 4. The third-order valence-corrected chi connectivity index (χ3v) is 8.68. The second-order valence-corrected chi connectivity index (χ2v) is 12.0. The standard InChI is InChI=1S/C29H37N5O6S.C3H8/c1-19-28(41-18-31-19)20-5-6-21(25(14-20)38-2)17-30-29(37)24-4-3-9-34(24)27(36)16-23-15-26(32-40-23)39-13-12-33-10-7-22(35)8-11-33;1-3-2/h5-6,14-15,18,22,24,35H,3-4,7-13,16-17H2,1-2H3,(H,30,37);3H2,1-2H3/t24-;/m0./s1. The van der Waals surface area contributed by atoms with Gasteiger partial charge in [0.2, 0.25) is 11.8 Å². The van der Waals surface area contributed by atoms with Gasteiger partial charge in [-0.2, -0.15) is 0 Å². The van der Waals surface area contributed by atoms with Gasteiger partial charge in [0.25, 0.3) is 5.88 Å². The molecule has 44 heavy (non-hydrogen) atoms. The maximum absolute atomic E-state index is 13.1. The van der Waals surface area contributed by atoms with E-state index in [0.717, 1.165) is 60.6 Å². The Balaban J connectivity index is 0.00000141. The number of rotatable bonds is 11. The van der Waals surface area contributed by atoms with Crippen LogP contribution in [0.25, 0.3) is 10.4 Å². The minimum atomic E-state index is -0.533. The Labute approximate surface area is 263 Å². The van der Waals surface area contributed by atoms with E-state index in [0.29, 0.717) is 43.5 Å². The molecule has 0 unspecified atom stereocenters. The molecule has 2 aromatic heterocycles. The number of benzene rings is 1. The molecule has 12 heteroatoms. The third-order valence-electron chi connectivity index (χ3n) is 7.70. The van der Waals surface area contributed by atoms with Crippen molar-refractivity contribution in [3.8, 4) is 22.1 Å². The van der Waals surface area contributed by atoms with Crippen molar-refractivity contribution in [1.82, 2.24) is 25.3 Å². The molecule has 1 aromatic carbocycles. The summed E-state index contributed by atoms with van der Waals surface area (Å²) in [5.41, 5.74) is 4.66. The van der Waals surface area contributed by atoms with E-state index >= 15 is 0 Å². The van der Waals surface area contributed by atoms with Gasteiger partial charge in [-0.25, -0.2) is 4.98 Å². The average molecular weight is 628 g/mol. The molecule has 0 bridgehead atoms. The molecule has 2 N–H and O–H groups in total. The summed E-state index contributed by atoms with van der Waals surface area (Å²) in [6, 6.07) is 7.01. The number of piperidine rings is 1. The highest BCUT2D eigenvalue weighted by Gasteiger charge is 2.34. The van der Waals surface area contributed by atoms with Crippen LogP contribution < -0.4 is 14.8 Å². The molecule has 0 spiro atoms. The van der Waals surface area contributed by atoms with Gasteiger partial charge < -0.3 is 29.3 Å². The number of hydrogen-bond donors (Lipinski definition) is 2. The highest BCUT2D eigenvalue weighted by atomic mass is 32.1. The largest absolute Gasteiger partial charge is 0.496 e. The van der Waals surface area contributed by atoms with Crippen molar-refractivity contribution < 1.29 is 28.7 Å². The summed E-state index contributed by atoms with van der Waals surface area (Å²) >= 11 is 1.58. The lowest BCUT2D eigenvalue weighted by Crippen LogP contribution is -2.46. The fourth-order valence-corrected chi connectivity index (χ4v) is 6.17. The molecule has 4 heterocycles. The first kappa shape index (κ1) is 33.4. The Bertz CT molecular complexity index is 1350. The van der Waals surface area contributed by atoms with Crippen LogP contribution in [0.1, 0.15) is 63.0 Å². The molecule has 2 amide bonds. The molecule has 11 nitrogen and oxygen atoms in total. The number of amides is 2. The fourth-order valence-electron chi connectivity index (χ4n) is 5.37. The Hall–Kier alpha value is -3.48. The van der Waals surface area contributed by atoms with Crippen molar-refractivity contribution in [3.63, 3.8) is 0 Å². The SMILES string of the molecule is CCC.COc1cc(-c2scnc2C)ccc1CNC(=O)[C@@H]1CCCN1C(=O)Cc1cc(OCCN2CCC(O)CC2)no1. The van der Waals surface area contributed by atoms with Gasteiger partial charge in [0, 0.05) is 44.4 Å². The highest BCUT2D eigenvalue weighted by molar-refractivity contribution is 7.13. The van der Waals surface area contributed by atoms with Gasteiger partial charge in [-0.05, 0) is 49.4 Å². The lowest BCUT2D eigenvalue weighted by molar-refractivity contribution is -0.138. The quantitative estimate of drug-likeness (QED) is 0.321. The zero-order valence-corrected chi connectivity index (χ0v) is 27.0. The van der Waals surface area contributed by atoms with E-state index in [1.807, 2.05) is 30.6 Å². The summed E-state index contributed by atoms with van der Waals surface area (Å²) in [5, 5.41) is 16.5. The van der Waals surface area contributed by atoms with Crippen molar-refractivity contribution in [3.05, 3.63) is 46.8 Å². The molecule has 2 aliphatic rings. The molecule has 240 valence electrons. The predicted molar refractivity (Wildman–Crippen MR) is 169 cm³/mol. The molecular formula is C32H45N5O6S. The first-order chi connectivity index (χ1) is 21.3. The number of likely N-dealkylation sites (tertiary alicyclic amines) is 2. The van der Waals surface area contributed by atoms with Crippen LogP contribution in [0.5, 0.6) is 11.6 Å². The molecule has 2 saturated heterocycles. The lowest BCUT2D eigenvalue weighted by atomic mass is 10.1. The third kappa shape index (κ3) is 9.02. The highest BCUT2D eigenvalue weighted by Crippen LogP contribution is 2.32. The van der Waals surface area contributed by atoms with Gasteiger partial charge in [0.1, 0.15) is 24.2 Å². The van der Waals surface area contributed by atoms with E-state index in [9.17, 15) is 14.7 Å². The number of nitrogens with one attached hydrogen (secondary N) is 1. The van der Waals surface area contributed by atoms with Crippen LogP contribution in [0.15, 0.2) is 34.3 Å². The number of aryl methyl sites for hydroxylation is 1. The molecule has 0 saturated carbocycles. The summed E-state index contributed by atoms with van der Waals surface area (Å²) < 4.78 is 16.6. The second kappa shape index (κ2) is 16.6. The van der Waals surface area contributed by atoms with Crippen LogP contribution in [0.4, 0.5) is 0 Å². The molecule has 1 atom stereocenters. The van der Waals surface area contributed by atoms with Gasteiger partial charge in [-0.15, -0.1) is 11.3 Å². The number of aromatic nitrogens is 2. The second-order valence-electron chi connectivity index (χ2n) is 11.2. The average Bonchev–Trinajstić information content (AvgIpc) is 3.79. The van der Waals surface area contributed by atoms with Crippen molar-refractivity contribution in [2.45, 2.75) is 78.0 Å². The first-order valence-electron chi connectivity index (χ1n) is 15.5. The van der Waals surface area contributed by atoms with Crippen molar-refractivity contribution in [2.75, 3.05) is 39.9 Å². The van der Waals surface area contributed by atoms with Gasteiger partial charge in [0.05, 0.1) is 35.7 Å². The molecule has 5 rings (SSSR count). The molecule has 0 radical (unpaired) electrons. The molecule has 2 fully saturated rings. The zero-order chi connectivity index (χ0) is 31.5. The summed E-state index contributed by atoms with van der Waals surface area (Å²) in [7, 11) is 1.61. The summed E-state index contributed by atoms with van der Waals surface area (Å²) in [6.07, 6.45) is 3.98. The number of aliphatic hydroxyl groups is 1. The number of hydrogen-bond acceptors (Lipinski definition) is 10. The monoisotopic (exact) mass is 627 g/mol. The molecule has 0 aliphatic carbocycles. The number of ether oxygens (including phenoxy) is 2. The van der Waals surface area contributed by atoms with E-state index in [4.69, 9.17) is 14.0 Å². The van der Waals surface area contributed by atoms with E-state index in [1.54, 1.807) is 29.4 Å². The number of carbonyl (C=O) groups is 2. The van der Waals surface area contributed by atoms with Crippen molar-refractivity contribution >= 4 is 23.2 Å². The van der Waals surface area contributed by atoms with Crippen LogP contribution in [0.2, 0.25) is 0 Å². The van der Waals surface area contributed by atoms with Gasteiger partial charge >= 0.3 is 0 Å². The molecule has 3 aromatic rings. The predicted octanol–water partition coefficient (Wildman–Crippen LogP) is 4.22. The minimum absolute atomic E-state index is 0.0103. The van der Waals surface area contributed by atoms with Crippen LogP contribution in [0, 0.1) is 6.92 Å². The lowest BCUT2D eigenvalue weighted by Gasteiger charge is -2.28. The van der Waals surface area contributed by atoms with Crippen molar-refractivity contribution in [1.29, 1.82) is 0 Å². The van der Waals surface area contributed by atoms with E-state index in [1.165, 1.54) is 6.42 Å². The van der Waals surface area contributed by atoms with Crippen LogP contribution in [0.3, 0.4) is 0 Å². The number of methoxy groups -OCH3 is 1. The Morgan fingerprint density at radius 3 is 2.64 bits per heavy atom. The van der Waals surface area contributed by atoms with E-state index < -0.39 is 6.04 Å². The number of aliphatic hydroxyl groups excluding tert-OH is 1.